The molecule has 1 heterocycles. The molecular formula is C8H14N4. The van der Waals surface area contributed by atoms with Gasteiger partial charge in [-0.2, -0.15) is 0 Å². The molecule has 0 fully saturated rings. The number of nitrogens with one attached hydrogen (secondary N) is 2. The summed E-state index contributed by atoms with van der Waals surface area (Å²) in [5.74, 6) is 0.672. The fraction of sp³-hybridized carbons (Fsp3) is 0.500. The van der Waals surface area contributed by atoms with E-state index in [-0.39, 0.29) is 0 Å². The minimum absolute atomic E-state index is 0.672. The van der Waals surface area contributed by atoms with Crippen LogP contribution in [0.4, 0.5) is 5.95 Å². The zero-order valence-corrected chi connectivity index (χ0v) is 7.46. The van der Waals surface area contributed by atoms with E-state index in [0.717, 1.165) is 18.8 Å². The first-order chi connectivity index (χ1) is 5.86. The molecule has 0 aliphatic carbocycles. The molecule has 4 heteroatoms. The molecule has 0 bridgehead atoms. The van der Waals surface area contributed by atoms with Crippen molar-refractivity contribution in [1.29, 1.82) is 0 Å². The molecule has 0 aromatic carbocycles. The summed E-state index contributed by atoms with van der Waals surface area (Å²) in [5.41, 5.74) is 1.01. The van der Waals surface area contributed by atoms with Gasteiger partial charge in [0, 0.05) is 19.8 Å². The topological polar surface area (TPSA) is 49.8 Å². The predicted molar refractivity (Wildman–Crippen MR) is 49.0 cm³/mol. The highest BCUT2D eigenvalue weighted by molar-refractivity contribution is 5.23. The van der Waals surface area contributed by atoms with Crippen LogP contribution in [0, 0.1) is 0 Å². The minimum atomic E-state index is 0.672. The summed E-state index contributed by atoms with van der Waals surface area (Å²) in [6.07, 6.45) is 1.76. The minimum Gasteiger partial charge on any atom is -0.357 e. The Hall–Kier alpha value is -1.16. The average molecular weight is 166 g/mol. The molecule has 0 atom stereocenters. The first-order valence-electron chi connectivity index (χ1n) is 4.07. The molecule has 1 rings (SSSR count). The molecule has 0 radical (unpaired) electrons. The first-order valence-corrected chi connectivity index (χ1v) is 4.07. The Balaban J connectivity index is 2.60. The van der Waals surface area contributed by atoms with Gasteiger partial charge in [0.1, 0.15) is 0 Å². The number of hydrogen-bond donors (Lipinski definition) is 2. The number of hydrogen-bond acceptors (Lipinski definition) is 4. The van der Waals surface area contributed by atoms with Crippen LogP contribution in [-0.4, -0.2) is 23.6 Å². The van der Waals surface area contributed by atoms with Crippen molar-refractivity contribution >= 4 is 5.95 Å². The number of rotatable bonds is 4. The van der Waals surface area contributed by atoms with Crippen LogP contribution < -0.4 is 10.6 Å². The Morgan fingerprint density at radius 1 is 1.50 bits per heavy atom. The molecule has 0 amide bonds. The van der Waals surface area contributed by atoms with Crippen molar-refractivity contribution in [2.75, 3.05) is 18.9 Å². The first kappa shape index (κ1) is 8.93. The molecule has 0 aliphatic rings. The fourth-order valence-electron chi connectivity index (χ4n) is 0.868. The molecule has 0 spiro atoms. The van der Waals surface area contributed by atoms with Crippen LogP contribution in [-0.2, 0) is 6.54 Å². The van der Waals surface area contributed by atoms with Crippen molar-refractivity contribution in [2.45, 2.75) is 13.5 Å². The molecule has 0 saturated carbocycles. The summed E-state index contributed by atoms with van der Waals surface area (Å²) >= 11 is 0. The average Bonchev–Trinajstić information content (AvgIpc) is 2.15. The van der Waals surface area contributed by atoms with E-state index in [9.17, 15) is 0 Å². The van der Waals surface area contributed by atoms with E-state index >= 15 is 0 Å². The Labute approximate surface area is 72.4 Å². The number of anilines is 1. The second kappa shape index (κ2) is 4.66. The van der Waals surface area contributed by atoms with Crippen LogP contribution in [0.2, 0.25) is 0 Å². The standard InChI is InChI=1S/C8H14N4/c1-3-10-6-7-4-5-11-8(9-2)12-7/h4-5,10H,3,6H2,1-2H3,(H,9,11,12). The lowest BCUT2D eigenvalue weighted by molar-refractivity contribution is 0.709. The lowest BCUT2D eigenvalue weighted by Crippen LogP contribution is -2.13. The van der Waals surface area contributed by atoms with Crippen LogP contribution >= 0.6 is 0 Å². The molecule has 1 aromatic heterocycles. The maximum atomic E-state index is 4.24. The van der Waals surface area contributed by atoms with Crippen molar-refractivity contribution < 1.29 is 0 Å². The highest BCUT2D eigenvalue weighted by Crippen LogP contribution is 1.98. The molecular weight excluding hydrogens is 152 g/mol. The zero-order valence-electron chi connectivity index (χ0n) is 7.46. The Morgan fingerprint density at radius 2 is 2.33 bits per heavy atom. The smallest absolute Gasteiger partial charge is 0.222 e. The third-order valence-corrected chi connectivity index (χ3v) is 1.49. The predicted octanol–water partition coefficient (Wildman–Crippen LogP) is 0.628. The summed E-state index contributed by atoms with van der Waals surface area (Å²) in [6.45, 7) is 3.83. The van der Waals surface area contributed by atoms with Crippen LogP contribution in [0.5, 0.6) is 0 Å². The molecule has 0 unspecified atom stereocenters. The lowest BCUT2D eigenvalue weighted by atomic mass is 10.4. The van der Waals surface area contributed by atoms with Gasteiger partial charge in [-0.15, -0.1) is 0 Å². The quantitative estimate of drug-likeness (QED) is 0.688. The van der Waals surface area contributed by atoms with Gasteiger partial charge < -0.3 is 10.6 Å². The Morgan fingerprint density at radius 3 is 3.00 bits per heavy atom. The third-order valence-electron chi connectivity index (χ3n) is 1.49. The van der Waals surface area contributed by atoms with Crippen molar-refractivity contribution in [1.82, 2.24) is 15.3 Å². The van der Waals surface area contributed by atoms with Crippen LogP contribution in [0.15, 0.2) is 12.3 Å². The van der Waals surface area contributed by atoms with Gasteiger partial charge in [-0.25, -0.2) is 9.97 Å². The normalized spacial score (nSPS) is 9.83. The third kappa shape index (κ3) is 2.47. The van der Waals surface area contributed by atoms with E-state index in [0.29, 0.717) is 5.95 Å². The van der Waals surface area contributed by atoms with E-state index in [4.69, 9.17) is 0 Å². The maximum Gasteiger partial charge on any atom is 0.222 e. The number of nitrogens with zero attached hydrogens (tertiary/aromatic N) is 2. The monoisotopic (exact) mass is 166 g/mol. The molecule has 4 nitrogen and oxygen atoms in total. The fourth-order valence-corrected chi connectivity index (χ4v) is 0.868. The summed E-state index contributed by atoms with van der Waals surface area (Å²) < 4.78 is 0. The van der Waals surface area contributed by atoms with Gasteiger partial charge in [-0.3, -0.25) is 0 Å². The van der Waals surface area contributed by atoms with Gasteiger partial charge in [-0.1, -0.05) is 6.92 Å². The summed E-state index contributed by atoms with van der Waals surface area (Å²) in [5, 5.41) is 6.09. The highest BCUT2D eigenvalue weighted by Gasteiger charge is 1.94. The second-order valence-corrected chi connectivity index (χ2v) is 2.40. The lowest BCUT2D eigenvalue weighted by Gasteiger charge is -2.02. The molecule has 0 saturated heterocycles. The van der Waals surface area contributed by atoms with Gasteiger partial charge in [0.25, 0.3) is 0 Å². The molecule has 1 aromatic rings. The SMILES string of the molecule is CCNCc1ccnc(NC)n1. The highest BCUT2D eigenvalue weighted by atomic mass is 15.1. The van der Waals surface area contributed by atoms with Crippen molar-refractivity contribution in [3.05, 3.63) is 18.0 Å². The molecule has 0 aliphatic heterocycles. The van der Waals surface area contributed by atoms with E-state index in [1.807, 2.05) is 13.1 Å². The largest absolute Gasteiger partial charge is 0.357 e. The van der Waals surface area contributed by atoms with Crippen molar-refractivity contribution in [2.24, 2.45) is 0 Å². The Bertz CT molecular complexity index is 236. The van der Waals surface area contributed by atoms with Crippen LogP contribution in [0.25, 0.3) is 0 Å². The summed E-state index contributed by atoms with van der Waals surface area (Å²) in [4.78, 5) is 8.26. The van der Waals surface area contributed by atoms with Gasteiger partial charge in [-0.05, 0) is 12.6 Å². The van der Waals surface area contributed by atoms with Gasteiger partial charge in [0.15, 0.2) is 0 Å². The van der Waals surface area contributed by atoms with E-state index in [1.54, 1.807) is 6.20 Å². The zero-order chi connectivity index (χ0) is 8.81. The van der Waals surface area contributed by atoms with E-state index in [1.165, 1.54) is 0 Å². The van der Waals surface area contributed by atoms with Crippen molar-refractivity contribution in [3.63, 3.8) is 0 Å². The number of aromatic nitrogens is 2. The van der Waals surface area contributed by atoms with Gasteiger partial charge in [0.05, 0.1) is 5.69 Å². The maximum absolute atomic E-state index is 4.24. The second-order valence-electron chi connectivity index (χ2n) is 2.40. The van der Waals surface area contributed by atoms with Crippen molar-refractivity contribution in [3.8, 4) is 0 Å². The van der Waals surface area contributed by atoms with Gasteiger partial charge >= 0.3 is 0 Å². The Kier molecular flexibility index (Phi) is 3.47. The van der Waals surface area contributed by atoms with Gasteiger partial charge in [0.2, 0.25) is 5.95 Å². The summed E-state index contributed by atoms with van der Waals surface area (Å²) in [6, 6.07) is 1.91. The molecule has 2 N–H and O–H groups in total. The summed E-state index contributed by atoms with van der Waals surface area (Å²) in [7, 11) is 1.81. The van der Waals surface area contributed by atoms with E-state index in [2.05, 4.69) is 27.5 Å². The van der Waals surface area contributed by atoms with E-state index < -0.39 is 0 Å². The van der Waals surface area contributed by atoms with Crippen LogP contribution in [0.3, 0.4) is 0 Å². The van der Waals surface area contributed by atoms with Crippen LogP contribution in [0.1, 0.15) is 12.6 Å². The molecule has 12 heavy (non-hydrogen) atoms. The molecule has 66 valence electrons.